The zero-order chi connectivity index (χ0) is 18.1. The molecule has 0 spiro atoms. The number of benzene rings is 1. The summed E-state index contributed by atoms with van der Waals surface area (Å²) in [6.07, 6.45) is 0. The molecule has 130 valence electrons. The van der Waals surface area contributed by atoms with Crippen LogP contribution < -0.4 is 5.32 Å². The van der Waals surface area contributed by atoms with Crippen LogP contribution in [0.5, 0.6) is 0 Å². The molecule has 4 nitrogen and oxygen atoms in total. The number of rotatable bonds is 4. The van der Waals surface area contributed by atoms with E-state index in [1.165, 1.54) is 0 Å². The van der Waals surface area contributed by atoms with E-state index in [1.807, 2.05) is 60.0 Å². The van der Waals surface area contributed by atoms with Gasteiger partial charge in [0.1, 0.15) is 3.70 Å². The van der Waals surface area contributed by atoms with Crippen LogP contribution in [0.15, 0.2) is 60.0 Å². The van der Waals surface area contributed by atoms with Gasteiger partial charge in [-0.25, -0.2) is 4.52 Å². The van der Waals surface area contributed by atoms with Gasteiger partial charge in [0, 0.05) is 4.88 Å². The van der Waals surface area contributed by atoms with Crippen molar-refractivity contribution in [2.24, 2.45) is 0 Å². The molecule has 0 aliphatic rings. The summed E-state index contributed by atoms with van der Waals surface area (Å²) in [5, 5.41) is 9.64. The van der Waals surface area contributed by atoms with E-state index in [2.05, 4.69) is 33.0 Å². The third-order valence-electron chi connectivity index (χ3n) is 3.96. The van der Waals surface area contributed by atoms with Crippen molar-refractivity contribution in [2.75, 3.05) is 0 Å². The van der Waals surface area contributed by atoms with Crippen LogP contribution in [0.2, 0.25) is 5.02 Å². The van der Waals surface area contributed by atoms with E-state index in [4.69, 9.17) is 11.6 Å². The second-order valence-corrected chi connectivity index (χ2v) is 8.17. The first-order valence-electron chi connectivity index (χ1n) is 7.87. The van der Waals surface area contributed by atoms with Crippen LogP contribution in [0, 0.1) is 3.70 Å². The first-order valence-corrected chi connectivity index (χ1v) is 10.2. The van der Waals surface area contributed by atoms with E-state index in [0.717, 1.165) is 25.2 Å². The number of nitrogens with one attached hydrogen (secondary N) is 1. The number of hydrogen-bond donors (Lipinski definition) is 1. The van der Waals surface area contributed by atoms with Crippen molar-refractivity contribution in [3.8, 4) is 11.1 Å². The Morgan fingerprint density at radius 2 is 1.96 bits per heavy atom. The Kier molecular flexibility index (Phi) is 4.97. The summed E-state index contributed by atoms with van der Waals surface area (Å²) in [6, 6.07) is 18.0. The number of carbonyl (C=O) groups is 1. The average Bonchev–Trinajstić information content (AvgIpc) is 3.29. The van der Waals surface area contributed by atoms with E-state index in [-0.39, 0.29) is 11.6 Å². The van der Waals surface area contributed by atoms with E-state index < -0.39 is 0 Å². The highest BCUT2D eigenvalue weighted by atomic mass is 127. The molecule has 3 heterocycles. The number of pyridine rings is 1. The SMILES string of the molecule is O=C(NCc1cccs1)c1nn2c(I)cc(-c3ccccc3)cc2c1Cl. The average molecular weight is 494 g/mol. The molecule has 1 amide bonds. The molecule has 0 saturated carbocycles. The zero-order valence-electron chi connectivity index (χ0n) is 13.4. The van der Waals surface area contributed by atoms with Crippen LogP contribution in [0.4, 0.5) is 0 Å². The lowest BCUT2D eigenvalue weighted by atomic mass is 10.1. The first kappa shape index (κ1) is 17.5. The minimum atomic E-state index is -0.274. The highest BCUT2D eigenvalue weighted by Gasteiger charge is 2.20. The lowest BCUT2D eigenvalue weighted by molar-refractivity contribution is 0.0946. The summed E-state index contributed by atoms with van der Waals surface area (Å²) in [6.45, 7) is 0.465. The fourth-order valence-corrected chi connectivity index (χ4v) is 4.29. The predicted octanol–water partition coefficient (Wildman–Crippen LogP) is 5.25. The number of fused-ring (bicyclic) bond motifs is 1. The monoisotopic (exact) mass is 493 g/mol. The van der Waals surface area contributed by atoms with Gasteiger partial charge >= 0.3 is 0 Å². The highest BCUT2D eigenvalue weighted by Crippen LogP contribution is 2.29. The van der Waals surface area contributed by atoms with E-state index in [1.54, 1.807) is 15.9 Å². The second-order valence-electron chi connectivity index (χ2n) is 5.65. The number of carbonyl (C=O) groups excluding carboxylic acids is 1. The van der Waals surface area contributed by atoms with Crippen LogP contribution in [0.1, 0.15) is 15.4 Å². The lowest BCUT2D eigenvalue weighted by Gasteiger charge is -2.04. The third-order valence-corrected chi connectivity index (χ3v) is 5.97. The van der Waals surface area contributed by atoms with Crippen molar-refractivity contribution in [3.63, 3.8) is 0 Å². The van der Waals surface area contributed by atoms with Crippen LogP contribution in [-0.2, 0) is 6.54 Å². The fraction of sp³-hybridized carbons (Fsp3) is 0.0526. The molecule has 4 rings (SSSR count). The summed E-state index contributed by atoms with van der Waals surface area (Å²) in [5.74, 6) is -0.274. The molecule has 0 saturated heterocycles. The number of hydrogen-bond acceptors (Lipinski definition) is 3. The Hall–Kier alpha value is -1.90. The molecule has 3 aromatic heterocycles. The summed E-state index contributed by atoms with van der Waals surface area (Å²) >= 11 is 10.3. The molecule has 1 aromatic carbocycles. The number of aromatic nitrogens is 2. The Balaban J connectivity index is 1.70. The van der Waals surface area contributed by atoms with Crippen molar-refractivity contribution < 1.29 is 4.79 Å². The Bertz CT molecular complexity index is 1080. The smallest absolute Gasteiger partial charge is 0.273 e. The molecule has 1 N–H and O–H groups in total. The van der Waals surface area contributed by atoms with Crippen LogP contribution in [-0.4, -0.2) is 15.5 Å². The van der Waals surface area contributed by atoms with Gasteiger partial charge in [0.05, 0.1) is 17.1 Å². The largest absolute Gasteiger partial charge is 0.346 e. The molecule has 0 radical (unpaired) electrons. The van der Waals surface area contributed by atoms with Crippen molar-refractivity contribution >= 4 is 57.0 Å². The van der Waals surface area contributed by atoms with Gasteiger partial charge in [0.15, 0.2) is 5.69 Å². The van der Waals surface area contributed by atoms with Crippen LogP contribution >= 0.6 is 45.5 Å². The molecule has 26 heavy (non-hydrogen) atoms. The Morgan fingerprint density at radius 3 is 2.69 bits per heavy atom. The third kappa shape index (κ3) is 3.36. The predicted molar refractivity (Wildman–Crippen MR) is 114 cm³/mol. The van der Waals surface area contributed by atoms with E-state index in [0.29, 0.717) is 11.6 Å². The maximum Gasteiger partial charge on any atom is 0.273 e. The van der Waals surface area contributed by atoms with Crippen LogP contribution in [0.25, 0.3) is 16.6 Å². The van der Waals surface area contributed by atoms with Gasteiger partial charge < -0.3 is 5.32 Å². The minimum Gasteiger partial charge on any atom is -0.346 e. The molecule has 0 aliphatic heterocycles. The normalized spacial score (nSPS) is 11.0. The number of amides is 1. The maximum absolute atomic E-state index is 12.5. The topological polar surface area (TPSA) is 46.4 Å². The summed E-state index contributed by atoms with van der Waals surface area (Å²) < 4.78 is 2.59. The summed E-state index contributed by atoms with van der Waals surface area (Å²) in [7, 11) is 0. The van der Waals surface area contributed by atoms with E-state index in [9.17, 15) is 4.79 Å². The maximum atomic E-state index is 12.5. The second kappa shape index (κ2) is 7.38. The van der Waals surface area contributed by atoms with Gasteiger partial charge in [0.25, 0.3) is 5.91 Å². The molecule has 4 aromatic rings. The summed E-state index contributed by atoms with van der Waals surface area (Å²) in [4.78, 5) is 13.6. The molecule has 7 heteroatoms. The number of thiophene rings is 1. The molecular weight excluding hydrogens is 481 g/mol. The first-order chi connectivity index (χ1) is 12.6. The Labute approximate surface area is 172 Å². The van der Waals surface area contributed by atoms with Gasteiger partial charge in [-0.3, -0.25) is 4.79 Å². The van der Waals surface area contributed by atoms with Gasteiger partial charge in [-0.05, 0) is 57.3 Å². The molecule has 0 aliphatic carbocycles. The van der Waals surface area contributed by atoms with Gasteiger partial charge in [-0.15, -0.1) is 11.3 Å². The molecule has 0 atom stereocenters. The van der Waals surface area contributed by atoms with Crippen molar-refractivity contribution in [2.45, 2.75) is 6.54 Å². The standard InChI is InChI=1S/C19H13ClIN3OS/c20-17-15-9-13(12-5-2-1-3-6-12)10-16(21)24(15)23-18(17)19(25)22-11-14-7-4-8-26-14/h1-10H,11H2,(H,22,25). The van der Waals surface area contributed by atoms with Gasteiger partial charge in [-0.1, -0.05) is 48.0 Å². The highest BCUT2D eigenvalue weighted by molar-refractivity contribution is 14.1. The Morgan fingerprint density at radius 1 is 1.15 bits per heavy atom. The van der Waals surface area contributed by atoms with Crippen LogP contribution in [0.3, 0.4) is 0 Å². The van der Waals surface area contributed by atoms with Crippen molar-refractivity contribution in [1.82, 2.24) is 14.9 Å². The van der Waals surface area contributed by atoms with Gasteiger partial charge in [-0.2, -0.15) is 5.10 Å². The molecule has 0 unspecified atom stereocenters. The minimum absolute atomic E-state index is 0.242. The molecule has 0 bridgehead atoms. The molecular formula is C19H13ClIN3OS. The van der Waals surface area contributed by atoms with E-state index >= 15 is 0 Å². The summed E-state index contributed by atoms with van der Waals surface area (Å²) in [5.41, 5.74) is 3.09. The van der Waals surface area contributed by atoms with Crippen molar-refractivity contribution in [1.29, 1.82) is 0 Å². The van der Waals surface area contributed by atoms with Crippen molar-refractivity contribution in [3.05, 3.63) is 79.3 Å². The number of nitrogens with zero attached hydrogens (tertiary/aromatic N) is 2. The van der Waals surface area contributed by atoms with Gasteiger partial charge in [0.2, 0.25) is 0 Å². The zero-order valence-corrected chi connectivity index (χ0v) is 17.2. The fourth-order valence-electron chi connectivity index (χ4n) is 2.68. The number of halogens is 2. The quantitative estimate of drug-likeness (QED) is 0.312. The molecule has 0 fully saturated rings. The lowest BCUT2D eigenvalue weighted by Crippen LogP contribution is -2.23.